The van der Waals surface area contributed by atoms with Gasteiger partial charge in [0.1, 0.15) is 0 Å². The monoisotopic (exact) mass is 582 g/mol. The summed E-state index contributed by atoms with van der Waals surface area (Å²) in [5, 5.41) is 10.8. The number of aromatic carboxylic acids is 1. The Kier molecular flexibility index (Phi) is 14.4. The first-order valence-corrected chi connectivity index (χ1v) is 16.2. The zero-order chi connectivity index (χ0) is 24.6. The van der Waals surface area contributed by atoms with Crippen molar-refractivity contribution in [3.05, 3.63) is 45.0 Å². The molecule has 0 aliphatic heterocycles. The summed E-state index contributed by atoms with van der Waals surface area (Å²) in [6, 6.07) is 8.82. The van der Waals surface area contributed by atoms with Crippen LogP contribution in [0.2, 0.25) is 0 Å². The number of carboxylic acid groups (broad SMARTS) is 1. The van der Waals surface area contributed by atoms with Crippen molar-refractivity contribution in [2.45, 2.75) is 116 Å². The highest BCUT2D eigenvalue weighted by atomic mass is 127. The summed E-state index contributed by atoms with van der Waals surface area (Å²) in [4.78, 5) is 11.4. The third-order valence-electron chi connectivity index (χ3n) is 6.77. The quantitative estimate of drug-likeness (QED) is 0.132. The van der Waals surface area contributed by atoms with Crippen molar-refractivity contribution in [3.8, 4) is 0 Å². The van der Waals surface area contributed by atoms with Crippen LogP contribution >= 0.6 is 19.8 Å². The Hall–Kier alpha value is -1.50. The van der Waals surface area contributed by atoms with Crippen molar-refractivity contribution in [2.75, 3.05) is 0 Å². The summed E-state index contributed by atoms with van der Waals surface area (Å²) in [6.45, 7) is 2.27. The molecule has 0 aromatic heterocycles. The number of carboxylic acids is 1. The van der Waals surface area contributed by atoms with Crippen LogP contribution < -0.4 is 0 Å². The number of halogens is 1. The highest BCUT2D eigenvalue weighted by Crippen LogP contribution is 2.32. The fourth-order valence-electron chi connectivity index (χ4n) is 4.80. The van der Waals surface area contributed by atoms with Crippen molar-refractivity contribution in [3.63, 3.8) is 0 Å². The van der Waals surface area contributed by atoms with Crippen molar-refractivity contribution in [2.24, 2.45) is 0 Å². The second kappa shape index (κ2) is 17.0. The summed E-state index contributed by atoms with van der Waals surface area (Å²) < 4.78 is 23.7. The van der Waals surface area contributed by atoms with Crippen LogP contribution in [0.3, 0.4) is 0 Å². The van der Waals surface area contributed by atoms with E-state index in [1.54, 1.807) is 12.1 Å². The molecule has 0 amide bonds. The Morgan fingerprint density at radius 1 is 0.676 bits per heavy atom. The molecule has 2 aromatic rings. The molecule has 190 valence electrons. The van der Waals surface area contributed by atoms with E-state index < -0.39 is 25.8 Å². The van der Waals surface area contributed by atoms with Gasteiger partial charge in [-0.3, -0.25) is 0 Å². The highest BCUT2D eigenvalue weighted by Gasteiger charge is 2.18. The molecule has 1 N–H and O–H groups in total. The van der Waals surface area contributed by atoms with Gasteiger partial charge in [0.05, 0.1) is 9.13 Å². The van der Waals surface area contributed by atoms with Gasteiger partial charge in [0.25, 0.3) is 0 Å². The molecule has 4 nitrogen and oxygen atoms in total. The van der Waals surface area contributed by atoms with E-state index in [4.69, 9.17) is 0 Å². The van der Waals surface area contributed by atoms with Gasteiger partial charge < -0.3 is 5.11 Å². The van der Waals surface area contributed by atoms with Crippen molar-refractivity contribution < 1.29 is 16.0 Å². The Balaban J connectivity index is 1.61. The second-order valence-corrected chi connectivity index (χ2v) is 11.8. The number of hydrogen-bond acceptors (Lipinski definition) is 3. The number of carbonyl (C=O) groups is 1. The molecule has 2 aromatic carbocycles. The molecule has 0 saturated heterocycles. The molecule has 0 aliphatic rings. The van der Waals surface area contributed by atoms with Gasteiger partial charge in [0.15, 0.2) is 0 Å². The Labute approximate surface area is 213 Å². The molecule has 34 heavy (non-hydrogen) atoms. The van der Waals surface area contributed by atoms with Gasteiger partial charge in [-0.2, -0.15) is 0 Å². The average Bonchev–Trinajstić information content (AvgIpc) is 2.82. The molecule has 5 heteroatoms. The Morgan fingerprint density at radius 3 is 1.65 bits per heavy atom. The van der Waals surface area contributed by atoms with Crippen LogP contribution in [-0.4, -0.2) is 11.1 Å². The average molecular weight is 583 g/mol. The van der Waals surface area contributed by atoms with E-state index >= 15 is 0 Å². The molecular formula is C29H43IO4. The number of fused-ring (bicyclic) bond motifs is 1. The van der Waals surface area contributed by atoms with Gasteiger partial charge in [-0.15, -0.1) is 0 Å². The molecule has 0 saturated carbocycles. The third kappa shape index (κ3) is 10.0. The maximum atomic E-state index is 11.8. The van der Waals surface area contributed by atoms with Gasteiger partial charge in [-0.05, 0) is 29.9 Å². The predicted molar refractivity (Wildman–Crippen MR) is 148 cm³/mol. The molecule has 0 heterocycles. The van der Waals surface area contributed by atoms with Gasteiger partial charge in [-0.25, -0.2) is 10.9 Å². The number of benzene rings is 2. The first kappa shape index (κ1) is 28.7. The van der Waals surface area contributed by atoms with E-state index in [2.05, 4.69) is 6.92 Å². The fraction of sp³-hybridized carbons (Fsp3) is 0.621. The normalized spacial score (nSPS) is 11.5. The van der Waals surface area contributed by atoms with Crippen molar-refractivity contribution in [1.29, 1.82) is 0 Å². The van der Waals surface area contributed by atoms with Gasteiger partial charge in [0.2, 0.25) is 0 Å². The Morgan fingerprint density at radius 2 is 1.18 bits per heavy atom. The molecule has 0 unspecified atom stereocenters. The van der Waals surface area contributed by atoms with Gasteiger partial charge in [-0.1, -0.05) is 128 Å². The molecule has 2 rings (SSSR count). The first-order valence-electron chi connectivity index (χ1n) is 13.4. The van der Waals surface area contributed by atoms with Crippen LogP contribution in [0.5, 0.6) is 0 Å². The van der Waals surface area contributed by atoms with E-state index in [-0.39, 0.29) is 9.13 Å². The van der Waals surface area contributed by atoms with E-state index in [0.29, 0.717) is 5.39 Å². The van der Waals surface area contributed by atoms with Crippen LogP contribution in [0.25, 0.3) is 10.8 Å². The number of aryl methyl sites for hydroxylation is 1. The minimum Gasteiger partial charge on any atom is -0.478 e. The summed E-state index contributed by atoms with van der Waals surface area (Å²) in [7, 11) is 0. The van der Waals surface area contributed by atoms with Crippen molar-refractivity contribution in [1.82, 2.24) is 0 Å². The molecular weight excluding hydrogens is 539 g/mol. The van der Waals surface area contributed by atoms with Gasteiger partial charge in [0, 0.05) is 5.39 Å². The second-order valence-electron chi connectivity index (χ2n) is 9.52. The molecule has 0 fully saturated rings. The maximum absolute atomic E-state index is 11.8. The number of hydrogen-bond donors (Lipinski definition) is 1. The first-order chi connectivity index (χ1) is 16.6. The lowest BCUT2D eigenvalue weighted by atomic mass is 9.97. The van der Waals surface area contributed by atoms with Crippen LogP contribution in [0.4, 0.5) is 0 Å². The third-order valence-corrected chi connectivity index (χ3v) is 8.81. The topological polar surface area (TPSA) is 71.4 Å². The SMILES string of the molecule is CCCCCCCCCCCCCCCCCCc1cccc2c(I(=O)=O)c(C(=O)O)ccc12. The standard InChI is InChI=1S/C29H43IO4/c1-2-3-4-5-6-7-8-9-10-11-12-13-14-15-16-17-19-24-20-18-21-26-25(24)22-23-27(29(31)32)28(26)30(33)34/h18,20-23H,2-17,19H2,1H3,(H,31,32). The zero-order valence-electron chi connectivity index (χ0n) is 21.0. The van der Waals surface area contributed by atoms with Crippen LogP contribution in [0, 0.1) is 3.57 Å². The fourth-order valence-corrected chi connectivity index (χ4v) is 6.63. The molecule has 0 spiro atoms. The molecule has 0 atom stereocenters. The molecule has 0 radical (unpaired) electrons. The minimum absolute atomic E-state index is 0.0167. The molecule has 0 bridgehead atoms. The summed E-state index contributed by atoms with van der Waals surface area (Å²) >= 11 is -3.93. The van der Waals surface area contributed by atoms with Crippen LogP contribution in [0.15, 0.2) is 30.3 Å². The Bertz CT molecular complexity index is 941. The van der Waals surface area contributed by atoms with E-state index in [1.807, 2.05) is 12.1 Å². The lowest BCUT2D eigenvalue weighted by molar-refractivity contribution is 0.0696. The minimum atomic E-state index is -3.93. The van der Waals surface area contributed by atoms with E-state index in [1.165, 1.54) is 102 Å². The van der Waals surface area contributed by atoms with Crippen LogP contribution in [-0.2, 0) is 12.6 Å². The number of rotatable bonds is 19. The predicted octanol–water partition coefficient (Wildman–Crippen LogP) is 9.71. The lowest BCUT2D eigenvalue weighted by Gasteiger charge is -2.09. The smallest absolute Gasteiger partial charge is 0.342 e. The van der Waals surface area contributed by atoms with E-state index in [0.717, 1.165) is 23.8 Å². The summed E-state index contributed by atoms with van der Waals surface area (Å²) in [5.74, 6) is -1.19. The zero-order valence-corrected chi connectivity index (χ0v) is 23.1. The molecule has 0 aliphatic carbocycles. The lowest BCUT2D eigenvalue weighted by Crippen LogP contribution is -2.01. The van der Waals surface area contributed by atoms with Crippen molar-refractivity contribution >= 4 is 36.5 Å². The largest absolute Gasteiger partial charge is 0.478 e. The van der Waals surface area contributed by atoms with Gasteiger partial charge >= 0.3 is 25.8 Å². The van der Waals surface area contributed by atoms with Crippen LogP contribution in [0.1, 0.15) is 126 Å². The number of unbranched alkanes of at least 4 members (excludes halogenated alkanes) is 15. The summed E-state index contributed by atoms with van der Waals surface area (Å²) in [5.41, 5.74) is 1.00. The highest BCUT2D eigenvalue weighted by molar-refractivity contribution is 14.2. The maximum Gasteiger partial charge on any atom is 0.342 e. The summed E-state index contributed by atoms with van der Waals surface area (Å²) in [6.07, 6.45) is 22.3. The van der Waals surface area contributed by atoms with E-state index in [9.17, 15) is 16.0 Å².